The van der Waals surface area contributed by atoms with E-state index < -0.39 is 11.6 Å². The van der Waals surface area contributed by atoms with Gasteiger partial charge in [-0.3, -0.25) is 4.79 Å². The number of H-pyrrole nitrogens is 1. The minimum atomic E-state index is -0.737. The molecule has 1 fully saturated rings. The molecule has 0 saturated carbocycles. The van der Waals surface area contributed by atoms with Crippen molar-refractivity contribution < 1.29 is 13.6 Å². The van der Waals surface area contributed by atoms with Gasteiger partial charge >= 0.3 is 0 Å². The van der Waals surface area contributed by atoms with Gasteiger partial charge in [0, 0.05) is 42.5 Å². The van der Waals surface area contributed by atoms with Gasteiger partial charge in [0.2, 0.25) is 0 Å². The fourth-order valence-corrected chi connectivity index (χ4v) is 2.89. The molecule has 1 saturated heterocycles. The highest BCUT2D eigenvalue weighted by atomic mass is 19.1. The van der Waals surface area contributed by atoms with Crippen molar-refractivity contribution in [2.75, 3.05) is 13.1 Å². The lowest BCUT2D eigenvalue weighted by Gasteiger charge is -2.32. The molecule has 1 atom stereocenters. The van der Waals surface area contributed by atoms with Crippen LogP contribution < -0.4 is 0 Å². The number of hydrogen-bond donors (Lipinski definition) is 1. The molecule has 1 aliphatic heterocycles. The fourth-order valence-electron chi connectivity index (χ4n) is 2.89. The summed E-state index contributed by atoms with van der Waals surface area (Å²) in [5, 5.41) is 0. The zero-order valence-electron chi connectivity index (χ0n) is 12.3. The lowest BCUT2D eigenvalue weighted by atomic mass is 9.96. The molecule has 0 radical (unpaired) electrons. The van der Waals surface area contributed by atoms with Gasteiger partial charge in [-0.25, -0.2) is 13.8 Å². The van der Waals surface area contributed by atoms with Gasteiger partial charge in [-0.2, -0.15) is 0 Å². The van der Waals surface area contributed by atoms with E-state index in [1.807, 2.05) is 6.92 Å². The first-order chi connectivity index (χ1) is 10.5. The van der Waals surface area contributed by atoms with Gasteiger partial charge in [0.15, 0.2) is 0 Å². The molecular weight excluding hydrogens is 288 g/mol. The summed E-state index contributed by atoms with van der Waals surface area (Å²) in [6, 6.07) is 2.92. The Morgan fingerprint density at radius 1 is 1.32 bits per heavy atom. The molecule has 3 rings (SSSR count). The Hall–Kier alpha value is -2.24. The Kier molecular flexibility index (Phi) is 3.92. The Morgan fingerprint density at radius 3 is 2.68 bits per heavy atom. The van der Waals surface area contributed by atoms with Crippen LogP contribution in [0.3, 0.4) is 0 Å². The molecule has 116 valence electrons. The predicted molar refractivity (Wildman–Crippen MR) is 77.6 cm³/mol. The molecule has 1 N–H and O–H groups in total. The zero-order chi connectivity index (χ0) is 15.7. The van der Waals surface area contributed by atoms with E-state index in [0.29, 0.717) is 13.1 Å². The molecule has 0 aliphatic carbocycles. The van der Waals surface area contributed by atoms with E-state index in [-0.39, 0.29) is 17.4 Å². The quantitative estimate of drug-likeness (QED) is 0.927. The Balaban J connectivity index is 1.77. The SMILES string of the molecule is Cc1cnc([C@@H]2CCCN(C(=O)c3cc(F)cc(F)c3)C2)[nH]1. The summed E-state index contributed by atoms with van der Waals surface area (Å²) in [6.07, 6.45) is 3.54. The molecule has 0 bridgehead atoms. The average Bonchev–Trinajstić information content (AvgIpc) is 2.92. The van der Waals surface area contributed by atoms with Gasteiger partial charge < -0.3 is 9.88 Å². The highest BCUT2D eigenvalue weighted by molar-refractivity contribution is 5.94. The van der Waals surface area contributed by atoms with Gasteiger partial charge in [0.25, 0.3) is 5.91 Å². The minimum Gasteiger partial charge on any atom is -0.346 e. The second kappa shape index (κ2) is 5.87. The number of benzene rings is 1. The summed E-state index contributed by atoms with van der Waals surface area (Å²) in [5.74, 6) is -0.825. The van der Waals surface area contributed by atoms with Crippen molar-refractivity contribution in [3.05, 3.63) is 53.1 Å². The molecule has 0 spiro atoms. The predicted octanol–water partition coefficient (Wildman–Crippen LogP) is 3.02. The Bertz CT molecular complexity index is 678. The maximum absolute atomic E-state index is 13.3. The van der Waals surface area contributed by atoms with Crippen molar-refractivity contribution in [1.82, 2.24) is 14.9 Å². The Labute approximate surface area is 127 Å². The number of nitrogens with zero attached hydrogens (tertiary/aromatic N) is 2. The summed E-state index contributed by atoms with van der Waals surface area (Å²) in [5.41, 5.74) is 1.03. The highest BCUT2D eigenvalue weighted by Gasteiger charge is 2.27. The van der Waals surface area contributed by atoms with Crippen LogP contribution in [0.4, 0.5) is 8.78 Å². The molecule has 1 aliphatic rings. The van der Waals surface area contributed by atoms with Crippen molar-refractivity contribution in [2.45, 2.75) is 25.7 Å². The maximum atomic E-state index is 13.3. The molecule has 2 heterocycles. The maximum Gasteiger partial charge on any atom is 0.254 e. The van der Waals surface area contributed by atoms with Crippen LogP contribution in [0.2, 0.25) is 0 Å². The molecule has 2 aromatic rings. The van der Waals surface area contributed by atoms with Crippen molar-refractivity contribution >= 4 is 5.91 Å². The number of aromatic amines is 1. The molecule has 1 aromatic carbocycles. The molecule has 6 heteroatoms. The van der Waals surface area contributed by atoms with E-state index in [2.05, 4.69) is 9.97 Å². The van der Waals surface area contributed by atoms with Gasteiger partial charge in [0.1, 0.15) is 17.5 Å². The first kappa shape index (κ1) is 14.7. The number of carbonyl (C=O) groups excluding carboxylic acids is 1. The fraction of sp³-hybridized carbons (Fsp3) is 0.375. The van der Waals surface area contributed by atoms with Gasteiger partial charge in [0.05, 0.1) is 0 Å². The number of aromatic nitrogens is 2. The lowest BCUT2D eigenvalue weighted by Crippen LogP contribution is -2.39. The monoisotopic (exact) mass is 305 g/mol. The molecule has 1 amide bonds. The largest absolute Gasteiger partial charge is 0.346 e. The van der Waals surface area contributed by atoms with Crippen LogP contribution in [0, 0.1) is 18.6 Å². The highest BCUT2D eigenvalue weighted by Crippen LogP contribution is 2.26. The molecule has 1 aromatic heterocycles. The summed E-state index contributed by atoms with van der Waals surface area (Å²) in [7, 11) is 0. The Morgan fingerprint density at radius 2 is 2.05 bits per heavy atom. The number of rotatable bonds is 2. The normalized spacial score (nSPS) is 18.5. The number of piperidine rings is 1. The lowest BCUT2D eigenvalue weighted by molar-refractivity contribution is 0.0703. The second-order valence-corrected chi connectivity index (χ2v) is 5.70. The molecule has 0 unspecified atom stereocenters. The summed E-state index contributed by atoms with van der Waals surface area (Å²) in [6.45, 7) is 3.02. The van der Waals surface area contributed by atoms with Crippen LogP contribution in [-0.4, -0.2) is 33.9 Å². The average molecular weight is 305 g/mol. The van der Waals surface area contributed by atoms with Crippen LogP contribution in [0.1, 0.15) is 40.6 Å². The summed E-state index contributed by atoms with van der Waals surface area (Å²) in [4.78, 5) is 21.6. The third-order valence-corrected chi connectivity index (χ3v) is 3.93. The van der Waals surface area contributed by atoms with Crippen LogP contribution in [-0.2, 0) is 0 Å². The number of carbonyl (C=O) groups is 1. The third kappa shape index (κ3) is 3.00. The van der Waals surface area contributed by atoms with Crippen molar-refractivity contribution in [3.8, 4) is 0 Å². The number of nitrogens with one attached hydrogen (secondary N) is 1. The van der Waals surface area contributed by atoms with E-state index >= 15 is 0 Å². The molecular formula is C16H17F2N3O. The van der Waals surface area contributed by atoms with E-state index in [4.69, 9.17) is 0 Å². The number of aryl methyl sites for hydroxylation is 1. The number of amides is 1. The smallest absolute Gasteiger partial charge is 0.254 e. The number of imidazole rings is 1. The van der Waals surface area contributed by atoms with Gasteiger partial charge in [-0.05, 0) is 31.9 Å². The van der Waals surface area contributed by atoms with Crippen LogP contribution in [0.5, 0.6) is 0 Å². The second-order valence-electron chi connectivity index (χ2n) is 5.70. The van der Waals surface area contributed by atoms with Gasteiger partial charge in [-0.1, -0.05) is 0 Å². The van der Waals surface area contributed by atoms with Crippen molar-refractivity contribution in [2.24, 2.45) is 0 Å². The summed E-state index contributed by atoms with van der Waals surface area (Å²) < 4.78 is 26.5. The van der Waals surface area contributed by atoms with E-state index in [9.17, 15) is 13.6 Å². The number of hydrogen-bond acceptors (Lipinski definition) is 2. The zero-order valence-corrected chi connectivity index (χ0v) is 12.3. The van der Waals surface area contributed by atoms with E-state index in [1.54, 1.807) is 11.1 Å². The number of halogens is 2. The van der Waals surface area contributed by atoms with Crippen LogP contribution in [0.15, 0.2) is 24.4 Å². The van der Waals surface area contributed by atoms with Crippen molar-refractivity contribution in [1.29, 1.82) is 0 Å². The number of likely N-dealkylation sites (tertiary alicyclic amines) is 1. The molecule has 4 nitrogen and oxygen atoms in total. The van der Waals surface area contributed by atoms with Crippen molar-refractivity contribution in [3.63, 3.8) is 0 Å². The van der Waals surface area contributed by atoms with E-state index in [1.165, 1.54) is 0 Å². The first-order valence-corrected chi connectivity index (χ1v) is 7.30. The topological polar surface area (TPSA) is 49.0 Å². The first-order valence-electron chi connectivity index (χ1n) is 7.30. The van der Waals surface area contributed by atoms with E-state index in [0.717, 1.165) is 42.6 Å². The van der Waals surface area contributed by atoms with Gasteiger partial charge in [-0.15, -0.1) is 0 Å². The molecule has 22 heavy (non-hydrogen) atoms. The standard InChI is InChI=1S/C16H17F2N3O/c1-10-8-19-15(20-10)11-3-2-4-21(9-11)16(22)12-5-13(17)7-14(18)6-12/h5-8,11H,2-4,9H2,1H3,(H,19,20)/t11-/m1/s1. The third-order valence-electron chi connectivity index (χ3n) is 3.93. The van der Waals surface area contributed by atoms with Crippen LogP contribution in [0.25, 0.3) is 0 Å². The van der Waals surface area contributed by atoms with Crippen LogP contribution >= 0.6 is 0 Å². The minimum absolute atomic E-state index is 0.0498. The summed E-state index contributed by atoms with van der Waals surface area (Å²) >= 11 is 0.